The van der Waals surface area contributed by atoms with E-state index in [4.69, 9.17) is 0 Å². The minimum Gasteiger partial charge on any atom is -0.390 e. The van der Waals surface area contributed by atoms with E-state index in [1.54, 1.807) is 0 Å². The lowest BCUT2D eigenvalue weighted by molar-refractivity contribution is -0.0501. The molecule has 0 aromatic carbocycles. The number of rotatable bonds is 5. The summed E-state index contributed by atoms with van der Waals surface area (Å²) in [7, 11) is 0. The van der Waals surface area contributed by atoms with Crippen molar-refractivity contribution in [2.45, 2.75) is 71.8 Å². The standard InChI is InChI=1S/C14H28O/c1-11(2)9-14(15,10-12(3)4)13-7-5-6-8-13/h11-13,15H,5-10H2,1-4H3. The molecular formula is C14H28O. The lowest BCUT2D eigenvalue weighted by Crippen LogP contribution is -2.39. The molecule has 1 fully saturated rings. The Morgan fingerprint density at radius 2 is 1.40 bits per heavy atom. The Morgan fingerprint density at radius 1 is 1.00 bits per heavy atom. The first-order valence-corrected chi connectivity index (χ1v) is 6.66. The maximum absolute atomic E-state index is 10.9. The van der Waals surface area contributed by atoms with E-state index in [2.05, 4.69) is 27.7 Å². The number of hydrogen-bond donors (Lipinski definition) is 1. The maximum Gasteiger partial charge on any atom is 0.0680 e. The highest BCUT2D eigenvalue weighted by Crippen LogP contribution is 2.41. The molecule has 0 aliphatic heterocycles. The van der Waals surface area contributed by atoms with Gasteiger partial charge < -0.3 is 5.11 Å². The van der Waals surface area contributed by atoms with Crippen LogP contribution in [-0.2, 0) is 0 Å². The summed E-state index contributed by atoms with van der Waals surface area (Å²) in [6.45, 7) is 8.89. The molecule has 0 atom stereocenters. The predicted molar refractivity (Wildman–Crippen MR) is 65.8 cm³/mol. The summed E-state index contributed by atoms with van der Waals surface area (Å²) < 4.78 is 0. The molecule has 1 nitrogen and oxygen atoms in total. The van der Waals surface area contributed by atoms with E-state index in [1.165, 1.54) is 25.7 Å². The van der Waals surface area contributed by atoms with Gasteiger partial charge in [0, 0.05) is 0 Å². The van der Waals surface area contributed by atoms with E-state index in [9.17, 15) is 5.11 Å². The van der Waals surface area contributed by atoms with Gasteiger partial charge in [-0.3, -0.25) is 0 Å². The van der Waals surface area contributed by atoms with Crippen LogP contribution in [0.15, 0.2) is 0 Å². The van der Waals surface area contributed by atoms with E-state index < -0.39 is 0 Å². The second-order valence-corrected chi connectivity index (χ2v) is 6.28. The molecule has 0 radical (unpaired) electrons. The third-order valence-electron chi connectivity index (χ3n) is 3.64. The van der Waals surface area contributed by atoms with E-state index in [0.717, 1.165) is 12.8 Å². The van der Waals surface area contributed by atoms with Gasteiger partial charge in [0.25, 0.3) is 0 Å². The van der Waals surface area contributed by atoms with Crippen LogP contribution in [0.1, 0.15) is 66.2 Å². The van der Waals surface area contributed by atoms with Crippen LogP contribution in [0.2, 0.25) is 0 Å². The molecule has 0 heterocycles. The Labute approximate surface area is 95.3 Å². The lowest BCUT2D eigenvalue weighted by Gasteiger charge is -2.37. The summed E-state index contributed by atoms with van der Waals surface area (Å²) in [5.74, 6) is 1.78. The largest absolute Gasteiger partial charge is 0.390 e. The third kappa shape index (κ3) is 3.79. The lowest BCUT2D eigenvalue weighted by atomic mass is 9.75. The van der Waals surface area contributed by atoms with Crippen molar-refractivity contribution in [1.29, 1.82) is 0 Å². The number of hydrogen-bond acceptors (Lipinski definition) is 1. The van der Waals surface area contributed by atoms with E-state index >= 15 is 0 Å². The summed E-state index contributed by atoms with van der Waals surface area (Å²) >= 11 is 0. The van der Waals surface area contributed by atoms with Crippen LogP contribution in [0.4, 0.5) is 0 Å². The zero-order chi connectivity index (χ0) is 11.5. The summed E-state index contributed by atoms with van der Waals surface area (Å²) in [6.07, 6.45) is 7.10. The van der Waals surface area contributed by atoms with Gasteiger partial charge in [-0.2, -0.15) is 0 Å². The molecule has 1 saturated carbocycles. The van der Waals surface area contributed by atoms with Crippen molar-refractivity contribution >= 4 is 0 Å². The molecule has 0 bridgehead atoms. The highest BCUT2D eigenvalue weighted by Gasteiger charge is 2.38. The Balaban J connectivity index is 2.65. The summed E-state index contributed by atoms with van der Waals surface area (Å²) in [6, 6.07) is 0. The molecule has 0 spiro atoms. The molecule has 1 rings (SSSR count). The van der Waals surface area contributed by atoms with Crippen molar-refractivity contribution < 1.29 is 5.11 Å². The van der Waals surface area contributed by atoms with Crippen LogP contribution in [-0.4, -0.2) is 10.7 Å². The van der Waals surface area contributed by atoms with Crippen molar-refractivity contribution in [3.63, 3.8) is 0 Å². The predicted octanol–water partition coefficient (Wildman–Crippen LogP) is 4.00. The minimum absolute atomic E-state index is 0.376. The fourth-order valence-electron chi connectivity index (χ4n) is 3.29. The second kappa shape index (κ2) is 5.34. The van der Waals surface area contributed by atoms with Crippen LogP contribution in [0, 0.1) is 17.8 Å². The first-order chi connectivity index (χ1) is 6.94. The van der Waals surface area contributed by atoms with Crippen LogP contribution in [0.25, 0.3) is 0 Å². The molecule has 15 heavy (non-hydrogen) atoms. The van der Waals surface area contributed by atoms with Crippen LogP contribution < -0.4 is 0 Å². The monoisotopic (exact) mass is 212 g/mol. The molecule has 1 heteroatoms. The third-order valence-corrected chi connectivity index (χ3v) is 3.64. The smallest absolute Gasteiger partial charge is 0.0680 e. The Morgan fingerprint density at radius 3 is 1.73 bits per heavy atom. The van der Waals surface area contributed by atoms with Crippen molar-refractivity contribution in [2.75, 3.05) is 0 Å². The summed E-state index contributed by atoms with van der Waals surface area (Å²) in [4.78, 5) is 0. The Bertz CT molecular complexity index is 168. The molecule has 1 aliphatic rings. The van der Waals surface area contributed by atoms with Crippen LogP contribution in [0.3, 0.4) is 0 Å². The Kier molecular flexibility index (Phi) is 4.64. The van der Waals surface area contributed by atoms with Gasteiger partial charge in [-0.05, 0) is 43.4 Å². The van der Waals surface area contributed by atoms with Gasteiger partial charge in [-0.25, -0.2) is 0 Å². The zero-order valence-corrected chi connectivity index (χ0v) is 10.9. The number of aliphatic hydroxyl groups is 1. The molecule has 1 aliphatic carbocycles. The molecular weight excluding hydrogens is 184 g/mol. The Hall–Kier alpha value is -0.0400. The summed E-state index contributed by atoms with van der Waals surface area (Å²) in [5, 5.41) is 10.9. The molecule has 0 saturated heterocycles. The van der Waals surface area contributed by atoms with E-state index in [0.29, 0.717) is 17.8 Å². The fraction of sp³-hybridized carbons (Fsp3) is 1.00. The fourth-order valence-corrected chi connectivity index (χ4v) is 3.29. The molecule has 0 unspecified atom stereocenters. The average Bonchev–Trinajstić information content (AvgIpc) is 2.51. The highest BCUT2D eigenvalue weighted by molar-refractivity contribution is 4.90. The SMILES string of the molecule is CC(C)CC(O)(CC(C)C)C1CCCC1. The van der Waals surface area contributed by atoms with Crippen molar-refractivity contribution in [2.24, 2.45) is 17.8 Å². The first-order valence-electron chi connectivity index (χ1n) is 6.66. The van der Waals surface area contributed by atoms with Crippen molar-refractivity contribution in [3.05, 3.63) is 0 Å². The van der Waals surface area contributed by atoms with E-state index in [1.807, 2.05) is 0 Å². The quantitative estimate of drug-likeness (QED) is 0.730. The van der Waals surface area contributed by atoms with Crippen LogP contribution >= 0.6 is 0 Å². The highest BCUT2D eigenvalue weighted by atomic mass is 16.3. The van der Waals surface area contributed by atoms with Gasteiger partial charge in [0.2, 0.25) is 0 Å². The van der Waals surface area contributed by atoms with Gasteiger partial charge in [0.15, 0.2) is 0 Å². The van der Waals surface area contributed by atoms with Gasteiger partial charge in [-0.1, -0.05) is 40.5 Å². The van der Waals surface area contributed by atoms with Crippen molar-refractivity contribution in [1.82, 2.24) is 0 Å². The molecule has 0 aromatic heterocycles. The normalized spacial score (nSPS) is 19.4. The molecule has 0 amide bonds. The zero-order valence-electron chi connectivity index (χ0n) is 10.9. The maximum atomic E-state index is 10.9. The molecule has 1 N–H and O–H groups in total. The van der Waals surface area contributed by atoms with Crippen LogP contribution in [0.5, 0.6) is 0 Å². The first kappa shape index (κ1) is 13.0. The second-order valence-electron chi connectivity index (χ2n) is 6.28. The van der Waals surface area contributed by atoms with Gasteiger partial charge >= 0.3 is 0 Å². The van der Waals surface area contributed by atoms with Crippen molar-refractivity contribution in [3.8, 4) is 0 Å². The molecule has 0 aromatic rings. The minimum atomic E-state index is -0.376. The van der Waals surface area contributed by atoms with Gasteiger partial charge in [-0.15, -0.1) is 0 Å². The summed E-state index contributed by atoms with van der Waals surface area (Å²) in [5.41, 5.74) is -0.376. The van der Waals surface area contributed by atoms with E-state index in [-0.39, 0.29) is 5.60 Å². The topological polar surface area (TPSA) is 20.2 Å². The van der Waals surface area contributed by atoms with Gasteiger partial charge in [0.05, 0.1) is 5.60 Å². The molecule has 90 valence electrons. The van der Waals surface area contributed by atoms with Gasteiger partial charge in [0.1, 0.15) is 0 Å². The average molecular weight is 212 g/mol.